The van der Waals surface area contributed by atoms with E-state index < -0.39 is 10.8 Å². The summed E-state index contributed by atoms with van der Waals surface area (Å²) in [4.78, 5) is 36.4. The van der Waals surface area contributed by atoms with Crippen LogP contribution in [0.2, 0.25) is 0 Å². The molecular weight excluding hydrogens is 372 g/mol. The smallest absolute Gasteiger partial charge is 0.273 e. The topological polar surface area (TPSA) is 116 Å². The van der Waals surface area contributed by atoms with Crippen molar-refractivity contribution in [1.29, 1.82) is 5.26 Å². The maximum Gasteiger partial charge on any atom is 0.273 e. The second kappa shape index (κ2) is 9.28. The van der Waals surface area contributed by atoms with Gasteiger partial charge < -0.3 is 10.2 Å². The van der Waals surface area contributed by atoms with Crippen LogP contribution in [0.3, 0.4) is 0 Å². The van der Waals surface area contributed by atoms with Crippen LogP contribution in [0, 0.1) is 21.4 Å². The monoisotopic (exact) mass is 392 g/mol. The van der Waals surface area contributed by atoms with Crippen molar-refractivity contribution in [2.45, 2.75) is 13.3 Å². The number of nitriles is 1. The standard InChI is InChI=1S/C21H20N4O4/c1-4-15-6-5-14(12-19(15)25(28)29)11-17(13-22)20(26)23-18-9-7-16(8-10-18)21(27)24(2)3/h5-12H,4H2,1-3H3,(H,23,26)/b17-11+. The minimum Gasteiger partial charge on any atom is -0.345 e. The maximum absolute atomic E-state index is 12.4. The Labute approximate surface area is 168 Å². The van der Waals surface area contributed by atoms with Gasteiger partial charge in [-0.1, -0.05) is 19.1 Å². The van der Waals surface area contributed by atoms with E-state index >= 15 is 0 Å². The third-order valence-corrected chi connectivity index (χ3v) is 4.16. The lowest BCUT2D eigenvalue weighted by molar-refractivity contribution is -0.385. The molecule has 148 valence electrons. The molecule has 2 aromatic rings. The number of benzene rings is 2. The third kappa shape index (κ3) is 5.26. The van der Waals surface area contributed by atoms with Crippen LogP contribution in [0.5, 0.6) is 0 Å². The first kappa shape index (κ1) is 21.3. The van der Waals surface area contributed by atoms with Crippen LogP contribution in [0.1, 0.15) is 28.4 Å². The molecule has 2 aromatic carbocycles. The SMILES string of the molecule is CCc1ccc(/C=C(\C#N)C(=O)Nc2ccc(C(=O)N(C)C)cc2)cc1[N+](=O)[O-]. The summed E-state index contributed by atoms with van der Waals surface area (Å²) in [6, 6.07) is 12.6. The summed E-state index contributed by atoms with van der Waals surface area (Å²) in [5, 5.41) is 23.1. The molecule has 8 nitrogen and oxygen atoms in total. The van der Waals surface area contributed by atoms with Crippen molar-refractivity contribution < 1.29 is 14.5 Å². The molecule has 0 aliphatic heterocycles. The molecule has 0 atom stereocenters. The summed E-state index contributed by atoms with van der Waals surface area (Å²) in [6.45, 7) is 1.81. The molecule has 2 rings (SSSR count). The highest BCUT2D eigenvalue weighted by molar-refractivity contribution is 6.09. The lowest BCUT2D eigenvalue weighted by Crippen LogP contribution is -2.21. The molecule has 0 aromatic heterocycles. The highest BCUT2D eigenvalue weighted by atomic mass is 16.6. The van der Waals surface area contributed by atoms with Crippen LogP contribution < -0.4 is 5.32 Å². The second-order valence-electron chi connectivity index (χ2n) is 6.40. The number of carbonyl (C=O) groups is 2. The number of hydrogen-bond acceptors (Lipinski definition) is 5. The minimum absolute atomic E-state index is 0.0555. The third-order valence-electron chi connectivity index (χ3n) is 4.16. The normalized spacial score (nSPS) is 10.8. The first-order chi connectivity index (χ1) is 13.8. The molecule has 0 saturated carbocycles. The van der Waals surface area contributed by atoms with Gasteiger partial charge in [0.1, 0.15) is 11.6 Å². The summed E-state index contributed by atoms with van der Waals surface area (Å²) in [6.07, 6.45) is 1.80. The van der Waals surface area contributed by atoms with Crippen molar-refractivity contribution in [3.63, 3.8) is 0 Å². The number of nitrogens with one attached hydrogen (secondary N) is 1. The molecule has 0 bridgehead atoms. The average molecular weight is 392 g/mol. The van der Waals surface area contributed by atoms with Gasteiger partial charge in [0.15, 0.2) is 0 Å². The first-order valence-corrected chi connectivity index (χ1v) is 8.79. The number of hydrogen-bond donors (Lipinski definition) is 1. The molecule has 0 heterocycles. The minimum atomic E-state index is -0.651. The number of aryl methyl sites for hydroxylation is 1. The number of nitro groups is 1. The van der Waals surface area contributed by atoms with Gasteiger partial charge >= 0.3 is 0 Å². The molecular formula is C21H20N4O4. The molecule has 29 heavy (non-hydrogen) atoms. The van der Waals surface area contributed by atoms with Crippen LogP contribution in [0.25, 0.3) is 6.08 Å². The van der Waals surface area contributed by atoms with Gasteiger partial charge in [0, 0.05) is 37.0 Å². The average Bonchev–Trinajstić information content (AvgIpc) is 2.71. The van der Waals surface area contributed by atoms with Gasteiger partial charge in [-0.2, -0.15) is 5.26 Å². The van der Waals surface area contributed by atoms with Gasteiger partial charge in [0.05, 0.1) is 4.92 Å². The number of carbonyl (C=O) groups excluding carboxylic acids is 2. The van der Waals surface area contributed by atoms with Crippen molar-refractivity contribution in [1.82, 2.24) is 4.90 Å². The lowest BCUT2D eigenvalue weighted by Gasteiger charge is -2.11. The van der Waals surface area contributed by atoms with Crippen LogP contribution in [0.15, 0.2) is 48.0 Å². The Kier molecular flexibility index (Phi) is 6.82. The van der Waals surface area contributed by atoms with Crippen molar-refractivity contribution in [2.24, 2.45) is 0 Å². The Balaban J connectivity index is 2.23. The zero-order chi connectivity index (χ0) is 21.6. The number of amides is 2. The highest BCUT2D eigenvalue weighted by Crippen LogP contribution is 2.22. The van der Waals surface area contributed by atoms with E-state index in [2.05, 4.69) is 5.32 Å². The molecule has 0 radical (unpaired) electrons. The Morgan fingerprint density at radius 3 is 2.38 bits per heavy atom. The summed E-state index contributed by atoms with van der Waals surface area (Å²) >= 11 is 0. The van der Waals surface area contributed by atoms with Crippen molar-refractivity contribution in [3.8, 4) is 6.07 Å². The van der Waals surface area contributed by atoms with E-state index in [1.807, 2.05) is 13.0 Å². The molecule has 0 spiro atoms. The van der Waals surface area contributed by atoms with Crippen LogP contribution in [0.4, 0.5) is 11.4 Å². The predicted molar refractivity (Wildman–Crippen MR) is 109 cm³/mol. The molecule has 0 aliphatic rings. The Bertz CT molecular complexity index is 1020. The van der Waals surface area contributed by atoms with Gasteiger partial charge in [-0.05, 0) is 42.3 Å². The van der Waals surface area contributed by atoms with Crippen LogP contribution in [-0.2, 0) is 11.2 Å². The quantitative estimate of drug-likeness (QED) is 0.350. The predicted octanol–water partition coefficient (Wildman–Crippen LogP) is 3.40. The zero-order valence-electron chi connectivity index (χ0n) is 16.3. The van der Waals surface area contributed by atoms with E-state index in [-0.39, 0.29) is 17.2 Å². The fourth-order valence-electron chi connectivity index (χ4n) is 2.61. The molecule has 0 fully saturated rings. The molecule has 0 saturated heterocycles. The summed E-state index contributed by atoms with van der Waals surface area (Å²) < 4.78 is 0. The number of rotatable bonds is 6. The van der Waals surface area contributed by atoms with E-state index in [1.165, 1.54) is 17.0 Å². The lowest BCUT2D eigenvalue weighted by atomic mass is 10.0. The van der Waals surface area contributed by atoms with E-state index in [0.717, 1.165) is 0 Å². The fourth-order valence-corrected chi connectivity index (χ4v) is 2.61. The summed E-state index contributed by atoms with van der Waals surface area (Å²) in [7, 11) is 3.28. The molecule has 1 N–H and O–H groups in total. The van der Waals surface area contributed by atoms with E-state index in [1.54, 1.807) is 50.5 Å². The van der Waals surface area contributed by atoms with Crippen LogP contribution >= 0.6 is 0 Å². The second-order valence-corrected chi connectivity index (χ2v) is 6.40. The molecule has 0 unspecified atom stereocenters. The van der Waals surface area contributed by atoms with Crippen molar-refractivity contribution in [3.05, 3.63) is 74.8 Å². The van der Waals surface area contributed by atoms with Crippen molar-refractivity contribution in [2.75, 3.05) is 19.4 Å². The fraction of sp³-hybridized carbons (Fsp3) is 0.190. The summed E-state index contributed by atoms with van der Waals surface area (Å²) in [5.74, 6) is -0.820. The summed E-state index contributed by atoms with van der Waals surface area (Å²) in [5.41, 5.74) is 1.58. The van der Waals surface area contributed by atoms with Crippen molar-refractivity contribution >= 4 is 29.3 Å². The van der Waals surface area contributed by atoms with Gasteiger partial charge in [-0.25, -0.2) is 0 Å². The Morgan fingerprint density at radius 1 is 1.21 bits per heavy atom. The van der Waals surface area contributed by atoms with Gasteiger partial charge in [-0.3, -0.25) is 19.7 Å². The first-order valence-electron chi connectivity index (χ1n) is 8.79. The van der Waals surface area contributed by atoms with Gasteiger partial charge in [-0.15, -0.1) is 0 Å². The van der Waals surface area contributed by atoms with Gasteiger partial charge in [0.25, 0.3) is 17.5 Å². The number of nitro benzene ring substituents is 1. The number of nitrogens with zero attached hydrogens (tertiary/aromatic N) is 3. The van der Waals surface area contributed by atoms with E-state index in [9.17, 15) is 25.0 Å². The van der Waals surface area contributed by atoms with E-state index in [0.29, 0.717) is 28.8 Å². The van der Waals surface area contributed by atoms with Gasteiger partial charge in [0.2, 0.25) is 0 Å². The number of anilines is 1. The maximum atomic E-state index is 12.4. The Hall–Kier alpha value is -3.99. The zero-order valence-corrected chi connectivity index (χ0v) is 16.3. The molecule has 2 amide bonds. The molecule has 0 aliphatic carbocycles. The molecule has 8 heteroatoms. The van der Waals surface area contributed by atoms with Crippen LogP contribution in [-0.4, -0.2) is 35.7 Å². The largest absolute Gasteiger partial charge is 0.345 e. The highest BCUT2D eigenvalue weighted by Gasteiger charge is 2.15. The Morgan fingerprint density at radius 2 is 1.86 bits per heavy atom. The van der Waals surface area contributed by atoms with E-state index in [4.69, 9.17) is 0 Å².